The fraction of sp³-hybridized carbons (Fsp3) is 0.333. The molecule has 1 N–H and O–H groups in total. The van der Waals surface area contributed by atoms with Crippen LogP contribution in [0.1, 0.15) is 39.7 Å². The average molecular weight is 367 g/mol. The van der Waals surface area contributed by atoms with E-state index in [0.29, 0.717) is 17.3 Å². The van der Waals surface area contributed by atoms with E-state index >= 15 is 0 Å². The fourth-order valence-electron chi connectivity index (χ4n) is 2.20. The van der Waals surface area contributed by atoms with Crippen molar-refractivity contribution in [2.24, 2.45) is 0 Å². The summed E-state index contributed by atoms with van der Waals surface area (Å²) in [7, 11) is 1.95. The number of hydrogen-bond acceptors (Lipinski definition) is 4. The van der Waals surface area contributed by atoms with Gasteiger partial charge >= 0.3 is 5.97 Å². The summed E-state index contributed by atoms with van der Waals surface area (Å²) in [5.74, 6) is -0.514. The zero-order valence-corrected chi connectivity index (χ0v) is 13.9. The van der Waals surface area contributed by atoms with Crippen LogP contribution >= 0.6 is 27.3 Å². The summed E-state index contributed by atoms with van der Waals surface area (Å²) < 4.78 is 1.05. The second-order valence-electron chi connectivity index (χ2n) is 5.27. The Kier molecular flexibility index (Phi) is 3.99. The van der Waals surface area contributed by atoms with Crippen LogP contribution in [0.15, 0.2) is 28.7 Å². The molecule has 1 aromatic carbocycles. The van der Waals surface area contributed by atoms with Crippen LogP contribution in [0, 0.1) is 0 Å². The van der Waals surface area contributed by atoms with Gasteiger partial charge in [0.1, 0.15) is 4.88 Å². The number of carboxylic acids is 1. The van der Waals surface area contributed by atoms with E-state index in [1.54, 1.807) is 0 Å². The number of anilines is 1. The van der Waals surface area contributed by atoms with Crippen LogP contribution in [0.3, 0.4) is 0 Å². The summed E-state index contributed by atoms with van der Waals surface area (Å²) in [4.78, 5) is 18.3. The number of aromatic nitrogens is 1. The first kappa shape index (κ1) is 14.5. The van der Waals surface area contributed by atoms with E-state index in [1.165, 1.54) is 16.9 Å². The van der Waals surface area contributed by atoms with Crippen molar-refractivity contribution in [3.05, 3.63) is 44.9 Å². The third kappa shape index (κ3) is 3.27. The van der Waals surface area contributed by atoms with Crippen LogP contribution in [0.25, 0.3) is 0 Å². The summed E-state index contributed by atoms with van der Waals surface area (Å²) in [6.07, 6.45) is 2.11. The number of rotatable bonds is 5. The molecule has 3 rings (SSSR count). The number of carboxylic acid groups (broad SMARTS) is 1. The molecule has 0 aliphatic heterocycles. The highest BCUT2D eigenvalue weighted by molar-refractivity contribution is 9.10. The molecule has 6 heteroatoms. The minimum absolute atomic E-state index is 0.349. The Labute approximate surface area is 135 Å². The average Bonchev–Trinajstić information content (AvgIpc) is 3.19. The van der Waals surface area contributed by atoms with Crippen LogP contribution < -0.4 is 4.90 Å². The lowest BCUT2D eigenvalue weighted by Crippen LogP contribution is -2.16. The minimum atomic E-state index is -0.863. The predicted molar refractivity (Wildman–Crippen MR) is 87.3 cm³/mol. The first-order valence-corrected chi connectivity index (χ1v) is 8.35. The van der Waals surface area contributed by atoms with Gasteiger partial charge in [0.25, 0.3) is 0 Å². The third-order valence-electron chi connectivity index (χ3n) is 3.46. The smallest absolute Gasteiger partial charge is 0.347 e. The summed E-state index contributed by atoms with van der Waals surface area (Å²) in [6.45, 7) is 0.712. The molecule has 1 heterocycles. The number of thiazole rings is 1. The number of halogens is 1. The normalized spacial score (nSPS) is 14.2. The van der Waals surface area contributed by atoms with Crippen LogP contribution in [-0.4, -0.2) is 23.1 Å². The van der Waals surface area contributed by atoms with E-state index in [1.807, 2.05) is 36.2 Å². The molecular formula is C15H15BrN2O2S. The Morgan fingerprint density at radius 1 is 1.43 bits per heavy atom. The topological polar surface area (TPSA) is 53.4 Å². The minimum Gasteiger partial charge on any atom is -0.477 e. The van der Waals surface area contributed by atoms with Crippen molar-refractivity contribution in [2.45, 2.75) is 25.3 Å². The maximum atomic E-state index is 11.3. The van der Waals surface area contributed by atoms with Gasteiger partial charge < -0.3 is 10.0 Å². The van der Waals surface area contributed by atoms with E-state index in [9.17, 15) is 9.90 Å². The molecule has 1 saturated carbocycles. The molecule has 1 fully saturated rings. The summed E-state index contributed by atoms with van der Waals surface area (Å²) in [6, 6.07) is 8.11. The monoisotopic (exact) mass is 366 g/mol. The molecule has 0 spiro atoms. The van der Waals surface area contributed by atoms with Gasteiger partial charge in [-0.25, -0.2) is 9.78 Å². The summed E-state index contributed by atoms with van der Waals surface area (Å²) >= 11 is 4.69. The van der Waals surface area contributed by atoms with Gasteiger partial charge in [-0.15, -0.1) is 0 Å². The van der Waals surface area contributed by atoms with Gasteiger partial charge in [-0.05, 0) is 30.5 Å². The number of carbonyl (C=O) groups is 1. The van der Waals surface area contributed by atoms with Crippen molar-refractivity contribution in [3.63, 3.8) is 0 Å². The molecule has 1 aliphatic carbocycles. The van der Waals surface area contributed by atoms with Gasteiger partial charge in [-0.1, -0.05) is 39.4 Å². The second kappa shape index (κ2) is 5.77. The van der Waals surface area contributed by atoms with E-state index in [4.69, 9.17) is 0 Å². The third-order valence-corrected chi connectivity index (χ3v) is 5.16. The molecule has 21 heavy (non-hydrogen) atoms. The van der Waals surface area contributed by atoms with Crippen molar-refractivity contribution in [1.29, 1.82) is 0 Å². The molecule has 0 unspecified atom stereocenters. The standard InChI is InChI=1S/C15H15BrN2O2S/c1-18(8-9-2-6-11(16)7-3-9)15-17-12(10-4-5-10)13(21-15)14(19)20/h2-3,6-7,10H,4-5,8H2,1H3,(H,19,20). The van der Waals surface area contributed by atoms with Gasteiger partial charge in [0, 0.05) is 24.0 Å². The first-order valence-electron chi connectivity index (χ1n) is 6.74. The van der Waals surface area contributed by atoms with Gasteiger partial charge in [0.15, 0.2) is 5.13 Å². The highest BCUT2D eigenvalue weighted by Gasteiger charge is 2.32. The van der Waals surface area contributed by atoms with Gasteiger partial charge in [-0.2, -0.15) is 0 Å². The lowest BCUT2D eigenvalue weighted by atomic mass is 10.2. The molecule has 2 aromatic rings. The number of nitrogens with zero attached hydrogens (tertiary/aromatic N) is 2. The predicted octanol–water partition coefficient (Wildman–Crippen LogP) is 4.12. The Balaban J connectivity index is 1.80. The molecule has 0 radical (unpaired) electrons. The second-order valence-corrected chi connectivity index (χ2v) is 7.17. The summed E-state index contributed by atoms with van der Waals surface area (Å²) in [5.41, 5.74) is 1.94. The van der Waals surface area contributed by atoms with E-state index in [-0.39, 0.29) is 0 Å². The molecule has 0 saturated heterocycles. The maximum absolute atomic E-state index is 11.3. The highest BCUT2D eigenvalue weighted by Crippen LogP contribution is 2.44. The molecule has 0 bridgehead atoms. The van der Waals surface area contributed by atoms with E-state index in [2.05, 4.69) is 20.9 Å². The van der Waals surface area contributed by atoms with Crippen LogP contribution in [0.5, 0.6) is 0 Å². The molecule has 1 aliphatic rings. The lowest BCUT2D eigenvalue weighted by molar-refractivity contribution is 0.0700. The van der Waals surface area contributed by atoms with Gasteiger partial charge in [-0.3, -0.25) is 0 Å². The molecule has 1 aromatic heterocycles. The number of benzene rings is 1. The fourth-order valence-corrected chi connectivity index (χ4v) is 3.42. The largest absolute Gasteiger partial charge is 0.477 e. The zero-order valence-electron chi connectivity index (χ0n) is 11.5. The SMILES string of the molecule is CN(Cc1ccc(Br)cc1)c1nc(C2CC2)c(C(=O)O)s1. The number of hydrogen-bond donors (Lipinski definition) is 1. The Bertz CT molecular complexity index is 665. The van der Waals surface area contributed by atoms with Crippen LogP contribution in [-0.2, 0) is 6.54 Å². The van der Waals surface area contributed by atoms with Gasteiger partial charge in [0.2, 0.25) is 0 Å². The van der Waals surface area contributed by atoms with E-state index in [0.717, 1.165) is 28.1 Å². The maximum Gasteiger partial charge on any atom is 0.347 e. The molecule has 0 atom stereocenters. The van der Waals surface area contributed by atoms with Crippen molar-refractivity contribution in [1.82, 2.24) is 4.98 Å². The zero-order chi connectivity index (χ0) is 15.0. The highest BCUT2D eigenvalue weighted by atomic mass is 79.9. The Hall–Kier alpha value is -1.40. The van der Waals surface area contributed by atoms with Crippen molar-refractivity contribution >= 4 is 38.4 Å². The molecule has 0 amide bonds. The summed E-state index contributed by atoms with van der Waals surface area (Å²) in [5, 5.41) is 10.1. The van der Waals surface area contributed by atoms with Crippen molar-refractivity contribution in [3.8, 4) is 0 Å². The van der Waals surface area contributed by atoms with Gasteiger partial charge in [0.05, 0.1) is 5.69 Å². The van der Waals surface area contributed by atoms with Crippen LogP contribution in [0.2, 0.25) is 0 Å². The molecule has 4 nitrogen and oxygen atoms in total. The molecular weight excluding hydrogens is 352 g/mol. The Morgan fingerprint density at radius 3 is 2.67 bits per heavy atom. The number of aromatic carboxylic acids is 1. The lowest BCUT2D eigenvalue weighted by Gasteiger charge is -2.15. The quantitative estimate of drug-likeness (QED) is 0.864. The van der Waals surface area contributed by atoms with Crippen molar-refractivity contribution in [2.75, 3.05) is 11.9 Å². The Morgan fingerprint density at radius 2 is 2.10 bits per heavy atom. The van der Waals surface area contributed by atoms with Crippen LogP contribution in [0.4, 0.5) is 5.13 Å². The first-order chi connectivity index (χ1) is 10.0. The van der Waals surface area contributed by atoms with Crippen molar-refractivity contribution < 1.29 is 9.90 Å². The van der Waals surface area contributed by atoms with E-state index < -0.39 is 5.97 Å². The molecule has 110 valence electrons.